The van der Waals surface area contributed by atoms with Gasteiger partial charge >= 0.3 is 0 Å². The molecule has 2 heterocycles. The molecule has 0 radical (unpaired) electrons. The Balaban J connectivity index is 1.52. The van der Waals surface area contributed by atoms with Crippen LogP contribution in [0.2, 0.25) is 0 Å². The van der Waals surface area contributed by atoms with E-state index in [1.165, 1.54) is 0 Å². The molecule has 1 fully saturated rings. The quantitative estimate of drug-likeness (QED) is 0.835. The van der Waals surface area contributed by atoms with Crippen molar-refractivity contribution in [2.45, 2.75) is 26.0 Å². The minimum Gasteiger partial charge on any atom is -0.483 e. The zero-order valence-electron chi connectivity index (χ0n) is 13.7. The Kier molecular flexibility index (Phi) is 5.00. The number of carbonyl (C=O) groups is 1. The highest BCUT2D eigenvalue weighted by atomic mass is 16.5. The first kappa shape index (κ1) is 16.3. The van der Waals surface area contributed by atoms with Crippen molar-refractivity contribution < 1.29 is 19.0 Å². The highest BCUT2D eigenvalue weighted by Gasteiger charge is 2.31. The number of rotatable bonds is 6. The first-order valence-corrected chi connectivity index (χ1v) is 7.85. The number of aromatic nitrogens is 2. The standard InChI is InChI=1S/C17H21N3O4/c1-11-4-3-5-12(2)17(11)23-10-16(21)20-14-8-22-9-15(14)24-13-6-18-19-7-13/h3-7,14-15H,8-10H2,1-2H3,(H,18,19)(H,20,21)/t14-,15+/m0/s1. The van der Waals surface area contributed by atoms with Crippen LogP contribution in [0, 0.1) is 13.8 Å². The Morgan fingerprint density at radius 3 is 2.88 bits per heavy atom. The third-order valence-electron chi connectivity index (χ3n) is 3.89. The summed E-state index contributed by atoms with van der Waals surface area (Å²) in [5, 5.41) is 9.42. The van der Waals surface area contributed by atoms with E-state index >= 15 is 0 Å². The van der Waals surface area contributed by atoms with Crippen molar-refractivity contribution in [3.05, 3.63) is 41.7 Å². The average Bonchev–Trinajstić information content (AvgIpc) is 3.20. The van der Waals surface area contributed by atoms with Crippen molar-refractivity contribution in [2.24, 2.45) is 0 Å². The van der Waals surface area contributed by atoms with Crippen LogP contribution in [0.15, 0.2) is 30.6 Å². The first-order valence-electron chi connectivity index (χ1n) is 7.85. The molecule has 24 heavy (non-hydrogen) atoms. The van der Waals surface area contributed by atoms with Gasteiger partial charge in [-0.05, 0) is 25.0 Å². The summed E-state index contributed by atoms with van der Waals surface area (Å²) >= 11 is 0. The second kappa shape index (κ2) is 7.35. The summed E-state index contributed by atoms with van der Waals surface area (Å²) < 4.78 is 16.8. The van der Waals surface area contributed by atoms with Crippen LogP contribution in [-0.2, 0) is 9.53 Å². The van der Waals surface area contributed by atoms with Crippen LogP contribution >= 0.6 is 0 Å². The molecule has 3 rings (SSSR count). The number of aromatic amines is 1. The Labute approximate surface area is 140 Å². The molecule has 1 aromatic heterocycles. The van der Waals surface area contributed by atoms with Crippen LogP contribution in [0.5, 0.6) is 11.5 Å². The number of para-hydroxylation sites is 1. The van der Waals surface area contributed by atoms with Gasteiger partial charge in [-0.3, -0.25) is 9.89 Å². The third-order valence-corrected chi connectivity index (χ3v) is 3.89. The summed E-state index contributed by atoms with van der Waals surface area (Å²) in [7, 11) is 0. The van der Waals surface area contributed by atoms with Gasteiger partial charge in [0, 0.05) is 0 Å². The Morgan fingerprint density at radius 1 is 1.38 bits per heavy atom. The summed E-state index contributed by atoms with van der Waals surface area (Å²) in [6, 6.07) is 5.67. The number of carbonyl (C=O) groups excluding carboxylic acids is 1. The number of H-pyrrole nitrogens is 1. The van der Waals surface area contributed by atoms with Gasteiger partial charge in [0.1, 0.15) is 11.9 Å². The van der Waals surface area contributed by atoms with E-state index in [0.29, 0.717) is 19.0 Å². The van der Waals surface area contributed by atoms with Gasteiger partial charge in [0.15, 0.2) is 12.4 Å². The maximum absolute atomic E-state index is 12.2. The second-order valence-electron chi connectivity index (χ2n) is 5.81. The molecule has 1 amide bonds. The SMILES string of the molecule is Cc1cccc(C)c1OCC(=O)N[C@H]1COC[C@H]1Oc1cn[nH]c1. The lowest BCUT2D eigenvalue weighted by Gasteiger charge is -2.20. The largest absolute Gasteiger partial charge is 0.483 e. The Morgan fingerprint density at radius 2 is 2.17 bits per heavy atom. The summed E-state index contributed by atoms with van der Waals surface area (Å²) in [5.41, 5.74) is 2.02. The lowest BCUT2D eigenvalue weighted by molar-refractivity contribution is -0.124. The average molecular weight is 331 g/mol. The molecule has 0 spiro atoms. The van der Waals surface area contributed by atoms with Gasteiger partial charge in [-0.1, -0.05) is 18.2 Å². The van der Waals surface area contributed by atoms with E-state index in [0.717, 1.165) is 16.9 Å². The predicted octanol–water partition coefficient (Wildman–Crippen LogP) is 1.37. The number of ether oxygens (including phenoxy) is 3. The molecule has 0 bridgehead atoms. The van der Waals surface area contributed by atoms with E-state index in [9.17, 15) is 4.79 Å². The maximum atomic E-state index is 12.2. The fourth-order valence-corrected chi connectivity index (χ4v) is 2.68. The van der Waals surface area contributed by atoms with Crippen molar-refractivity contribution in [3.63, 3.8) is 0 Å². The number of benzene rings is 1. The van der Waals surface area contributed by atoms with Crippen molar-refractivity contribution in [1.29, 1.82) is 0 Å². The zero-order valence-corrected chi connectivity index (χ0v) is 13.7. The summed E-state index contributed by atoms with van der Waals surface area (Å²) in [5.74, 6) is 1.17. The monoisotopic (exact) mass is 331 g/mol. The van der Waals surface area contributed by atoms with Gasteiger partial charge in [0.05, 0.1) is 31.6 Å². The van der Waals surface area contributed by atoms with Crippen molar-refractivity contribution >= 4 is 5.91 Å². The van der Waals surface area contributed by atoms with Gasteiger partial charge in [-0.25, -0.2) is 0 Å². The summed E-state index contributed by atoms with van der Waals surface area (Å²) in [4.78, 5) is 12.2. The van der Waals surface area contributed by atoms with E-state index in [2.05, 4.69) is 15.5 Å². The van der Waals surface area contributed by atoms with Crippen LogP contribution in [0.3, 0.4) is 0 Å². The van der Waals surface area contributed by atoms with Gasteiger partial charge in [-0.15, -0.1) is 0 Å². The molecule has 7 heteroatoms. The number of hydrogen-bond donors (Lipinski definition) is 2. The van der Waals surface area contributed by atoms with E-state index in [-0.39, 0.29) is 24.7 Å². The maximum Gasteiger partial charge on any atom is 0.258 e. The number of nitrogens with zero attached hydrogens (tertiary/aromatic N) is 1. The fraction of sp³-hybridized carbons (Fsp3) is 0.412. The second-order valence-corrected chi connectivity index (χ2v) is 5.81. The lowest BCUT2D eigenvalue weighted by atomic mass is 10.1. The molecule has 0 unspecified atom stereocenters. The van der Waals surface area contributed by atoms with Gasteiger partial charge < -0.3 is 19.5 Å². The summed E-state index contributed by atoms with van der Waals surface area (Å²) in [6.07, 6.45) is 2.99. The van der Waals surface area contributed by atoms with Crippen molar-refractivity contribution in [2.75, 3.05) is 19.8 Å². The first-order chi connectivity index (χ1) is 11.6. The molecular weight excluding hydrogens is 310 g/mol. The molecule has 2 N–H and O–H groups in total. The van der Waals surface area contributed by atoms with E-state index in [4.69, 9.17) is 14.2 Å². The molecular formula is C17H21N3O4. The van der Waals surface area contributed by atoms with E-state index < -0.39 is 0 Å². The smallest absolute Gasteiger partial charge is 0.258 e. The minimum absolute atomic E-state index is 0.0410. The van der Waals surface area contributed by atoms with Crippen molar-refractivity contribution in [3.8, 4) is 11.5 Å². The van der Waals surface area contributed by atoms with Gasteiger partial charge in [0.25, 0.3) is 5.91 Å². The third kappa shape index (κ3) is 3.86. The fourth-order valence-electron chi connectivity index (χ4n) is 2.68. The van der Waals surface area contributed by atoms with E-state index in [1.54, 1.807) is 12.4 Å². The van der Waals surface area contributed by atoms with Crippen LogP contribution < -0.4 is 14.8 Å². The molecule has 1 aliphatic rings. The summed E-state index contributed by atoms with van der Waals surface area (Å²) in [6.45, 7) is 4.71. The molecule has 7 nitrogen and oxygen atoms in total. The zero-order chi connectivity index (χ0) is 16.9. The van der Waals surface area contributed by atoms with Crippen molar-refractivity contribution in [1.82, 2.24) is 15.5 Å². The molecule has 1 aromatic carbocycles. The number of amides is 1. The highest BCUT2D eigenvalue weighted by Crippen LogP contribution is 2.22. The van der Waals surface area contributed by atoms with Crippen LogP contribution in [0.25, 0.3) is 0 Å². The molecule has 1 saturated heterocycles. The number of hydrogen-bond acceptors (Lipinski definition) is 5. The topological polar surface area (TPSA) is 85.5 Å². The molecule has 2 aromatic rings. The van der Waals surface area contributed by atoms with Crippen LogP contribution in [-0.4, -0.2) is 48.1 Å². The Hall–Kier alpha value is -2.54. The van der Waals surface area contributed by atoms with E-state index in [1.807, 2.05) is 32.0 Å². The van der Waals surface area contributed by atoms with Gasteiger partial charge in [-0.2, -0.15) is 5.10 Å². The van der Waals surface area contributed by atoms with Gasteiger partial charge in [0.2, 0.25) is 0 Å². The Bertz CT molecular complexity index is 667. The van der Waals surface area contributed by atoms with Crippen LogP contribution in [0.1, 0.15) is 11.1 Å². The molecule has 2 atom stereocenters. The molecule has 1 aliphatic heterocycles. The van der Waals surface area contributed by atoms with Crippen LogP contribution in [0.4, 0.5) is 0 Å². The number of nitrogens with one attached hydrogen (secondary N) is 2. The minimum atomic E-state index is -0.244. The predicted molar refractivity (Wildman–Crippen MR) is 87.2 cm³/mol. The highest BCUT2D eigenvalue weighted by molar-refractivity contribution is 5.78. The molecule has 128 valence electrons. The molecule has 0 saturated carbocycles. The normalized spacial score (nSPS) is 19.9. The number of aryl methyl sites for hydroxylation is 2. The molecule has 0 aliphatic carbocycles. The lowest BCUT2D eigenvalue weighted by Crippen LogP contribution is -2.46.